The van der Waals surface area contributed by atoms with Crippen molar-refractivity contribution in [1.29, 1.82) is 0 Å². The van der Waals surface area contributed by atoms with Crippen LogP contribution in [-0.4, -0.2) is 40.5 Å². The monoisotopic (exact) mass is 489 g/mol. The van der Waals surface area contributed by atoms with E-state index < -0.39 is 5.41 Å². The second-order valence-corrected chi connectivity index (χ2v) is 10.7. The number of aryl methyl sites for hydroxylation is 3. The molecule has 1 heterocycles. The zero-order valence-electron chi connectivity index (χ0n) is 21.8. The highest BCUT2D eigenvalue weighted by molar-refractivity contribution is 5.56. The Morgan fingerprint density at radius 1 is 1.08 bits per heavy atom. The molecule has 0 amide bonds. The fourth-order valence-electron chi connectivity index (χ4n) is 6.36. The Hall–Kier alpha value is -2.74. The molecular weight excluding hydrogens is 450 g/mol. The van der Waals surface area contributed by atoms with Gasteiger partial charge in [-0.2, -0.15) is 10.2 Å². The van der Waals surface area contributed by atoms with Gasteiger partial charge in [0.05, 0.1) is 12.0 Å². The minimum absolute atomic E-state index is 0.205. The summed E-state index contributed by atoms with van der Waals surface area (Å²) in [7, 11) is 5.49. The van der Waals surface area contributed by atoms with E-state index in [1.54, 1.807) is 12.1 Å². The van der Waals surface area contributed by atoms with Gasteiger partial charge in [-0.25, -0.2) is 9.48 Å². The maximum atomic E-state index is 12.6. The Bertz CT molecular complexity index is 1270. The summed E-state index contributed by atoms with van der Waals surface area (Å²) in [5.74, 6) is 1.32. The molecule has 192 valence electrons. The second-order valence-electron chi connectivity index (χ2n) is 10.7. The van der Waals surface area contributed by atoms with Gasteiger partial charge in [0, 0.05) is 21.1 Å². The van der Waals surface area contributed by atoms with E-state index in [1.807, 2.05) is 14.1 Å². The molecule has 2 aliphatic carbocycles. The number of hydrogen-bond acceptors (Lipinski definition) is 5. The van der Waals surface area contributed by atoms with Crippen molar-refractivity contribution in [1.82, 2.24) is 19.8 Å². The molecule has 7 heteroatoms. The zero-order chi connectivity index (χ0) is 25.3. The van der Waals surface area contributed by atoms with Crippen molar-refractivity contribution in [3.8, 4) is 0 Å². The van der Waals surface area contributed by atoms with Crippen LogP contribution >= 0.6 is 0 Å². The third-order valence-corrected chi connectivity index (χ3v) is 8.14. The number of benzene rings is 2. The number of fused-ring (bicyclic) bond motifs is 2. The molecule has 1 unspecified atom stereocenters. The fraction of sp³-hybridized carbons (Fsp3) is 0.517. The molecule has 1 aromatic heterocycles. The molecule has 0 aliphatic heterocycles. The predicted molar refractivity (Wildman–Crippen MR) is 142 cm³/mol. The Kier molecular flexibility index (Phi) is 7.15. The molecular formula is C29H39N5O2. The van der Waals surface area contributed by atoms with Crippen molar-refractivity contribution in [3.05, 3.63) is 86.1 Å². The van der Waals surface area contributed by atoms with Crippen molar-refractivity contribution in [2.75, 3.05) is 20.6 Å². The quantitative estimate of drug-likeness (QED) is 0.491. The van der Waals surface area contributed by atoms with Crippen LogP contribution in [0.4, 0.5) is 0 Å². The maximum absolute atomic E-state index is 12.6. The SMILES string of the molecule is CN(C)OCc1ccc2c(c1)CCc1cc(C3CCCCC3)ccc1C2(CCN)c1nn(C)c(=O)[nH]1. The summed E-state index contributed by atoms with van der Waals surface area (Å²) in [6.07, 6.45) is 9.07. The first kappa shape index (κ1) is 24.9. The number of aromatic nitrogens is 3. The molecule has 36 heavy (non-hydrogen) atoms. The number of nitrogens with two attached hydrogens (primary N) is 1. The van der Waals surface area contributed by atoms with Gasteiger partial charge in [0.2, 0.25) is 0 Å². The first-order valence-electron chi connectivity index (χ1n) is 13.3. The van der Waals surface area contributed by atoms with Crippen LogP contribution in [0.5, 0.6) is 0 Å². The highest BCUT2D eigenvalue weighted by atomic mass is 16.7. The van der Waals surface area contributed by atoms with Crippen LogP contribution in [0.1, 0.15) is 83.6 Å². The van der Waals surface area contributed by atoms with E-state index >= 15 is 0 Å². The van der Waals surface area contributed by atoms with Gasteiger partial charge < -0.3 is 5.73 Å². The number of nitrogens with zero attached hydrogens (tertiary/aromatic N) is 3. The van der Waals surface area contributed by atoms with Gasteiger partial charge in [-0.05, 0) is 77.9 Å². The Balaban J connectivity index is 1.69. The van der Waals surface area contributed by atoms with Gasteiger partial charge in [-0.1, -0.05) is 55.7 Å². The molecule has 7 nitrogen and oxygen atoms in total. The summed E-state index contributed by atoms with van der Waals surface area (Å²) in [5.41, 5.74) is 13.1. The number of rotatable bonds is 7. The fourth-order valence-corrected chi connectivity index (χ4v) is 6.36. The van der Waals surface area contributed by atoms with E-state index in [1.165, 1.54) is 64.6 Å². The van der Waals surface area contributed by atoms with Crippen LogP contribution in [0, 0.1) is 0 Å². The van der Waals surface area contributed by atoms with Gasteiger partial charge in [-0.15, -0.1) is 0 Å². The number of hydrogen-bond donors (Lipinski definition) is 2. The Morgan fingerprint density at radius 3 is 2.42 bits per heavy atom. The van der Waals surface area contributed by atoms with Crippen molar-refractivity contribution < 1.29 is 4.84 Å². The molecule has 0 bridgehead atoms. The third-order valence-electron chi connectivity index (χ3n) is 8.14. The third kappa shape index (κ3) is 4.56. The van der Waals surface area contributed by atoms with E-state index in [2.05, 4.69) is 41.4 Å². The molecule has 2 aliphatic rings. The van der Waals surface area contributed by atoms with Crippen LogP contribution in [0.2, 0.25) is 0 Å². The van der Waals surface area contributed by atoms with Gasteiger partial charge in [0.25, 0.3) is 0 Å². The van der Waals surface area contributed by atoms with E-state index in [-0.39, 0.29) is 5.69 Å². The maximum Gasteiger partial charge on any atom is 0.343 e. The van der Waals surface area contributed by atoms with Crippen LogP contribution in [0.25, 0.3) is 0 Å². The van der Waals surface area contributed by atoms with E-state index in [9.17, 15) is 4.79 Å². The Labute approximate surface area is 213 Å². The second kappa shape index (κ2) is 10.3. The van der Waals surface area contributed by atoms with E-state index in [0.717, 1.165) is 18.4 Å². The van der Waals surface area contributed by atoms with Crippen molar-refractivity contribution in [2.24, 2.45) is 12.8 Å². The van der Waals surface area contributed by atoms with Gasteiger partial charge >= 0.3 is 5.69 Å². The highest BCUT2D eigenvalue weighted by Crippen LogP contribution is 2.47. The zero-order valence-corrected chi connectivity index (χ0v) is 21.8. The van der Waals surface area contributed by atoms with Gasteiger partial charge in [-0.3, -0.25) is 9.82 Å². The smallest absolute Gasteiger partial charge is 0.330 e. The van der Waals surface area contributed by atoms with Crippen molar-refractivity contribution in [3.63, 3.8) is 0 Å². The summed E-state index contributed by atoms with van der Waals surface area (Å²) in [5, 5.41) is 6.45. The van der Waals surface area contributed by atoms with Gasteiger partial charge in [0.1, 0.15) is 5.82 Å². The lowest BCUT2D eigenvalue weighted by molar-refractivity contribution is -0.130. The van der Waals surface area contributed by atoms with Crippen LogP contribution in [-0.2, 0) is 36.7 Å². The normalized spacial score (nSPS) is 20.2. The summed E-state index contributed by atoms with van der Waals surface area (Å²) >= 11 is 0. The average Bonchev–Trinajstić information content (AvgIpc) is 3.16. The predicted octanol–water partition coefficient (Wildman–Crippen LogP) is 3.93. The average molecular weight is 490 g/mol. The molecule has 0 spiro atoms. The minimum atomic E-state index is -0.609. The number of hydroxylamine groups is 2. The van der Waals surface area contributed by atoms with E-state index in [4.69, 9.17) is 15.7 Å². The molecule has 5 rings (SSSR count). The summed E-state index contributed by atoms with van der Waals surface area (Å²) in [6, 6.07) is 13.7. The summed E-state index contributed by atoms with van der Waals surface area (Å²) in [6.45, 7) is 0.997. The topological polar surface area (TPSA) is 89.2 Å². The molecule has 3 aromatic rings. The van der Waals surface area contributed by atoms with Crippen molar-refractivity contribution in [2.45, 2.75) is 69.3 Å². The summed E-state index contributed by atoms with van der Waals surface area (Å²) < 4.78 is 1.40. The number of nitrogens with one attached hydrogen (secondary N) is 1. The largest absolute Gasteiger partial charge is 0.343 e. The number of aromatic amines is 1. The first-order valence-corrected chi connectivity index (χ1v) is 13.3. The molecule has 0 radical (unpaired) electrons. The molecule has 2 aromatic carbocycles. The summed E-state index contributed by atoms with van der Waals surface area (Å²) in [4.78, 5) is 21.4. The lowest BCUT2D eigenvalue weighted by atomic mass is 9.68. The molecule has 1 saturated carbocycles. The lowest BCUT2D eigenvalue weighted by Gasteiger charge is -2.35. The molecule has 1 fully saturated rings. The van der Waals surface area contributed by atoms with Gasteiger partial charge in [0.15, 0.2) is 0 Å². The van der Waals surface area contributed by atoms with Crippen LogP contribution in [0.15, 0.2) is 41.2 Å². The first-order chi connectivity index (χ1) is 17.4. The number of H-pyrrole nitrogens is 1. The highest BCUT2D eigenvalue weighted by Gasteiger charge is 2.43. The lowest BCUT2D eigenvalue weighted by Crippen LogP contribution is -2.35. The van der Waals surface area contributed by atoms with E-state index in [0.29, 0.717) is 31.3 Å². The van der Waals surface area contributed by atoms with Crippen LogP contribution < -0.4 is 11.4 Å². The standard InChI is InChI=1S/C29H39N5O2/c1-33(2)36-19-20-9-13-25-23(17-20)10-11-24-18-22(21-7-5-4-6-8-21)12-14-26(24)29(25,15-16-30)27-31-28(35)34(3)32-27/h9,12-14,17-18,21H,4-8,10-11,15-16,19,30H2,1-3H3,(H,31,32,35). The molecule has 3 N–H and O–H groups in total. The van der Waals surface area contributed by atoms with Crippen molar-refractivity contribution >= 4 is 0 Å². The molecule has 1 atom stereocenters. The molecule has 0 saturated heterocycles. The Morgan fingerprint density at radius 2 is 1.78 bits per heavy atom. The minimum Gasteiger partial charge on any atom is -0.330 e. The van der Waals surface area contributed by atoms with Crippen LogP contribution in [0.3, 0.4) is 0 Å².